The predicted octanol–water partition coefficient (Wildman–Crippen LogP) is 3.98. The Hall–Kier alpha value is -2.05. The highest BCUT2D eigenvalue weighted by molar-refractivity contribution is 6.30. The minimum Gasteiger partial charge on any atom is -0.463 e. The summed E-state index contributed by atoms with van der Waals surface area (Å²) < 4.78 is 5.40. The molecule has 1 N–H and O–H groups in total. The van der Waals surface area contributed by atoms with Crippen molar-refractivity contribution in [2.24, 2.45) is 5.92 Å². The first-order valence-corrected chi connectivity index (χ1v) is 10.8. The van der Waals surface area contributed by atoms with Crippen LogP contribution in [-0.2, 0) is 9.53 Å². The van der Waals surface area contributed by atoms with Crippen molar-refractivity contribution in [3.63, 3.8) is 0 Å². The summed E-state index contributed by atoms with van der Waals surface area (Å²) in [5.41, 5.74) is 2.06. The minimum absolute atomic E-state index is 0.194. The second kappa shape index (κ2) is 9.63. The zero-order valence-electron chi connectivity index (χ0n) is 17.4. The molecule has 0 bridgehead atoms. The summed E-state index contributed by atoms with van der Waals surface area (Å²) in [6.07, 6.45) is 2.25. The van der Waals surface area contributed by atoms with Crippen LogP contribution in [0.4, 0.5) is 4.79 Å². The highest BCUT2D eigenvalue weighted by atomic mass is 35.5. The number of carbonyl (C=O) groups excluding carboxylic acids is 2. The van der Waals surface area contributed by atoms with Crippen molar-refractivity contribution < 1.29 is 14.3 Å². The van der Waals surface area contributed by atoms with E-state index in [4.69, 9.17) is 16.3 Å². The summed E-state index contributed by atoms with van der Waals surface area (Å²) in [6.45, 7) is 9.24. The standard InChI is InChI=1S/C22H30ClN3O3/c1-4-26-18(14-25-12-10-15(3)11-13-25)19(21(27)29-5-2)20(24-22(26)28)16-6-8-17(23)9-7-16/h6-9,15,20H,4-5,10-14H2,1-3H3,(H,24,28)/t20-/m1/s1. The molecule has 2 heterocycles. The van der Waals surface area contributed by atoms with Crippen molar-refractivity contribution in [1.29, 1.82) is 0 Å². The summed E-state index contributed by atoms with van der Waals surface area (Å²) in [5, 5.41) is 3.59. The number of halogens is 1. The third-order valence-corrected chi connectivity index (χ3v) is 5.95. The van der Waals surface area contributed by atoms with Gasteiger partial charge in [0.2, 0.25) is 0 Å². The third kappa shape index (κ3) is 4.93. The second-order valence-corrected chi connectivity index (χ2v) is 8.15. The number of benzene rings is 1. The van der Waals surface area contributed by atoms with E-state index in [0.717, 1.165) is 37.2 Å². The predicted molar refractivity (Wildman–Crippen MR) is 114 cm³/mol. The van der Waals surface area contributed by atoms with Crippen molar-refractivity contribution in [3.05, 3.63) is 46.1 Å². The maximum absolute atomic E-state index is 13.0. The van der Waals surface area contributed by atoms with Gasteiger partial charge in [0.15, 0.2) is 0 Å². The Bertz CT molecular complexity index is 770. The number of amides is 2. The molecule has 1 aromatic carbocycles. The summed E-state index contributed by atoms with van der Waals surface area (Å²) in [6, 6.07) is 6.47. The van der Waals surface area contributed by atoms with E-state index in [1.807, 2.05) is 19.1 Å². The molecular formula is C22H30ClN3O3. The molecule has 2 amide bonds. The molecule has 7 heteroatoms. The van der Waals surface area contributed by atoms with Crippen LogP contribution in [0.15, 0.2) is 35.5 Å². The molecule has 0 spiro atoms. The quantitative estimate of drug-likeness (QED) is 0.708. The van der Waals surface area contributed by atoms with Crippen LogP contribution in [0.25, 0.3) is 0 Å². The van der Waals surface area contributed by atoms with Gasteiger partial charge in [0, 0.05) is 23.8 Å². The van der Waals surface area contributed by atoms with E-state index in [1.165, 1.54) is 0 Å². The molecule has 1 saturated heterocycles. The van der Waals surface area contributed by atoms with E-state index in [-0.39, 0.29) is 18.6 Å². The molecule has 0 saturated carbocycles. The van der Waals surface area contributed by atoms with Gasteiger partial charge in [-0.1, -0.05) is 30.7 Å². The first-order valence-electron chi connectivity index (χ1n) is 10.4. The topological polar surface area (TPSA) is 61.9 Å². The molecule has 0 aromatic heterocycles. The smallest absolute Gasteiger partial charge is 0.338 e. The van der Waals surface area contributed by atoms with Gasteiger partial charge in [-0.2, -0.15) is 0 Å². The number of nitrogens with one attached hydrogen (secondary N) is 1. The third-order valence-electron chi connectivity index (χ3n) is 5.70. The Kier molecular flexibility index (Phi) is 7.19. The van der Waals surface area contributed by atoms with Crippen LogP contribution in [0, 0.1) is 5.92 Å². The average molecular weight is 420 g/mol. The number of esters is 1. The molecule has 0 radical (unpaired) electrons. The number of rotatable bonds is 6. The maximum Gasteiger partial charge on any atom is 0.338 e. The highest BCUT2D eigenvalue weighted by Crippen LogP contribution is 2.33. The van der Waals surface area contributed by atoms with E-state index in [0.29, 0.717) is 29.6 Å². The summed E-state index contributed by atoms with van der Waals surface area (Å²) in [7, 11) is 0. The van der Waals surface area contributed by atoms with Gasteiger partial charge >= 0.3 is 12.0 Å². The van der Waals surface area contributed by atoms with Crippen LogP contribution in [0.5, 0.6) is 0 Å². The molecule has 2 aliphatic rings. The first-order chi connectivity index (χ1) is 13.9. The Morgan fingerprint density at radius 1 is 1.21 bits per heavy atom. The Morgan fingerprint density at radius 2 is 1.86 bits per heavy atom. The number of urea groups is 1. The zero-order valence-corrected chi connectivity index (χ0v) is 18.2. The van der Waals surface area contributed by atoms with Gasteiger partial charge in [0.1, 0.15) is 0 Å². The van der Waals surface area contributed by atoms with Gasteiger partial charge in [-0.05, 0) is 63.4 Å². The van der Waals surface area contributed by atoms with Crippen LogP contribution in [0.2, 0.25) is 5.02 Å². The number of hydrogen-bond acceptors (Lipinski definition) is 4. The lowest BCUT2D eigenvalue weighted by molar-refractivity contribution is -0.139. The summed E-state index contributed by atoms with van der Waals surface area (Å²) >= 11 is 6.04. The molecule has 29 heavy (non-hydrogen) atoms. The number of carbonyl (C=O) groups is 2. The molecule has 2 aliphatic heterocycles. The Morgan fingerprint density at radius 3 is 2.45 bits per heavy atom. The van der Waals surface area contributed by atoms with E-state index >= 15 is 0 Å². The molecule has 3 rings (SSSR count). The van der Waals surface area contributed by atoms with E-state index in [2.05, 4.69) is 17.1 Å². The van der Waals surface area contributed by atoms with E-state index < -0.39 is 6.04 Å². The minimum atomic E-state index is -0.555. The van der Waals surface area contributed by atoms with Crippen LogP contribution in [-0.4, -0.2) is 54.6 Å². The van der Waals surface area contributed by atoms with Crippen molar-refractivity contribution in [2.45, 2.75) is 39.7 Å². The van der Waals surface area contributed by atoms with Crippen molar-refractivity contribution in [1.82, 2.24) is 15.1 Å². The molecular weight excluding hydrogens is 390 g/mol. The number of nitrogens with zero attached hydrogens (tertiary/aromatic N) is 2. The Balaban J connectivity index is 2.04. The average Bonchev–Trinajstić information content (AvgIpc) is 2.70. The largest absolute Gasteiger partial charge is 0.463 e. The van der Waals surface area contributed by atoms with Crippen molar-refractivity contribution in [2.75, 3.05) is 32.8 Å². The molecule has 158 valence electrons. The fraction of sp³-hybridized carbons (Fsp3) is 0.545. The van der Waals surface area contributed by atoms with Gasteiger partial charge in [-0.15, -0.1) is 0 Å². The van der Waals surface area contributed by atoms with Crippen LogP contribution in [0.1, 0.15) is 45.2 Å². The molecule has 1 atom stereocenters. The maximum atomic E-state index is 13.0. The fourth-order valence-electron chi connectivity index (χ4n) is 3.99. The van der Waals surface area contributed by atoms with Gasteiger partial charge in [-0.25, -0.2) is 9.59 Å². The molecule has 0 aliphatic carbocycles. The van der Waals surface area contributed by atoms with Gasteiger partial charge in [-0.3, -0.25) is 9.80 Å². The molecule has 1 aromatic rings. The normalized spacial score (nSPS) is 21.3. The molecule has 6 nitrogen and oxygen atoms in total. The number of piperidine rings is 1. The van der Waals surface area contributed by atoms with Crippen LogP contribution in [0.3, 0.4) is 0 Å². The van der Waals surface area contributed by atoms with Crippen LogP contribution >= 0.6 is 11.6 Å². The zero-order chi connectivity index (χ0) is 21.0. The highest BCUT2D eigenvalue weighted by Gasteiger charge is 2.38. The monoisotopic (exact) mass is 419 g/mol. The SMILES string of the molecule is CCOC(=O)C1=C(CN2CCC(C)CC2)N(CC)C(=O)N[C@@H]1c1ccc(Cl)cc1. The lowest BCUT2D eigenvalue weighted by Crippen LogP contribution is -2.51. The van der Waals surface area contributed by atoms with Crippen molar-refractivity contribution in [3.8, 4) is 0 Å². The fourth-order valence-corrected chi connectivity index (χ4v) is 4.12. The van der Waals surface area contributed by atoms with Crippen molar-refractivity contribution >= 4 is 23.6 Å². The number of ether oxygens (including phenoxy) is 1. The summed E-state index contributed by atoms with van der Waals surface area (Å²) in [4.78, 5) is 29.9. The first kappa shape index (κ1) is 21.7. The second-order valence-electron chi connectivity index (χ2n) is 7.72. The Labute approximate surface area is 177 Å². The van der Waals surface area contributed by atoms with Gasteiger partial charge in [0.25, 0.3) is 0 Å². The van der Waals surface area contributed by atoms with Gasteiger partial charge in [0.05, 0.1) is 18.2 Å². The lowest BCUT2D eigenvalue weighted by atomic mass is 9.93. The summed E-state index contributed by atoms with van der Waals surface area (Å²) in [5.74, 6) is 0.329. The van der Waals surface area contributed by atoms with Crippen LogP contribution < -0.4 is 5.32 Å². The lowest BCUT2D eigenvalue weighted by Gasteiger charge is -2.39. The number of likely N-dealkylation sites (tertiary alicyclic amines) is 1. The van der Waals surface area contributed by atoms with E-state index in [9.17, 15) is 9.59 Å². The van der Waals surface area contributed by atoms with Gasteiger partial charge < -0.3 is 10.1 Å². The number of likely N-dealkylation sites (N-methyl/N-ethyl adjacent to an activating group) is 1. The van der Waals surface area contributed by atoms with E-state index in [1.54, 1.807) is 24.0 Å². The number of hydrogen-bond donors (Lipinski definition) is 1. The molecule has 0 unspecified atom stereocenters. The molecule has 1 fully saturated rings.